The van der Waals surface area contributed by atoms with E-state index in [0.717, 1.165) is 31.2 Å². The van der Waals surface area contributed by atoms with Crippen LogP contribution in [0.15, 0.2) is 36.4 Å². The number of nitrogens with one attached hydrogen (secondary N) is 2. The number of nitrogens with zero attached hydrogens (tertiary/aromatic N) is 2. The molecule has 8 N–H and O–H groups in total. The monoisotopic (exact) mass is 657 g/mol. The van der Waals surface area contributed by atoms with E-state index >= 15 is 0 Å². The van der Waals surface area contributed by atoms with Crippen LogP contribution in [0.5, 0.6) is 0 Å². The lowest BCUT2D eigenvalue weighted by atomic mass is 10.1. The first-order valence-corrected chi connectivity index (χ1v) is 13.1. The highest BCUT2D eigenvalue weighted by atomic mass is 19.3. The molecule has 45 heavy (non-hydrogen) atoms. The number of anilines is 2. The van der Waals surface area contributed by atoms with Crippen LogP contribution in [0.4, 0.5) is 49.1 Å². The van der Waals surface area contributed by atoms with Crippen LogP contribution in [0.25, 0.3) is 0 Å². The number of primary amides is 2. The van der Waals surface area contributed by atoms with Gasteiger partial charge < -0.3 is 27.8 Å². The van der Waals surface area contributed by atoms with Crippen LogP contribution in [0.2, 0.25) is 0 Å². The summed E-state index contributed by atoms with van der Waals surface area (Å²) in [5, 5.41) is 25.9. The summed E-state index contributed by atoms with van der Waals surface area (Å²) in [6.07, 6.45) is 1.25. The molecule has 0 aliphatic carbocycles. The van der Waals surface area contributed by atoms with E-state index in [9.17, 15) is 56.2 Å². The van der Waals surface area contributed by atoms with Gasteiger partial charge in [-0.25, -0.2) is 8.78 Å². The molecule has 0 radical (unpaired) electrons. The number of rotatable bonds is 12. The molecular weight excluding hydrogens is 620 g/mol. The van der Waals surface area contributed by atoms with Crippen molar-refractivity contribution < 1.29 is 45.8 Å². The van der Waals surface area contributed by atoms with E-state index in [0.29, 0.717) is 12.1 Å². The number of carbonyl (C=O) groups is 2. The first-order valence-electron chi connectivity index (χ1n) is 13.1. The molecule has 2 rings (SSSR count). The number of benzene rings is 2. The Kier molecular flexibility index (Phi) is 17.8. The molecule has 13 nitrogen and oxygen atoms in total. The third-order valence-corrected chi connectivity index (χ3v) is 4.85. The second kappa shape index (κ2) is 18.9. The van der Waals surface area contributed by atoms with E-state index in [4.69, 9.17) is 11.5 Å². The third kappa shape index (κ3) is 14.6. The fourth-order valence-corrected chi connectivity index (χ4v) is 2.64. The summed E-state index contributed by atoms with van der Waals surface area (Å²) in [7, 11) is 0. The van der Waals surface area contributed by atoms with Gasteiger partial charge in [0.2, 0.25) is 11.8 Å². The fraction of sp³-hybridized carbons (Fsp3) is 0.462. The van der Waals surface area contributed by atoms with Crippen LogP contribution in [0.1, 0.15) is 61.8 Å². The predicted octanol–water partition coefficient (Wildman–Crippen LogP) is 5.54. The molecule has 2 amide bonds. The van der Waals surface area contributed by atoms with E-state index in [1.807, 2.05) is 24.5 Å². The van der Waals surface area contributed by atoms with Crippen LogP contribution in [-0.4, -0.2) is 59.1 Å². The Morgan fingerprint density at radius 3 is 1.22 bits per heavy atom. The highest BCUT2D eigenvalue weighted by Crippen LogP contribution is 2.37. The third-order valence-electron chi connectivity index (χ3n) is 4.85. The summed E-state index contributed by atoms with van der Waals surface area (Å²) < 4.78 is 79.7. The summed E-state index contributed by atoms with van der Waals surface area (Å²) >= 11 is 0. The number of amides is 2. The van der Waals surface area contributed by atoms with Gasteiger partial charge in [0.05, 0.1) is 29.5 Å². The molecule has 19 heteroatoms. The largest absolute Gasteiger partial charge is 0.373 e. The van der Waals surface area contributed by atoms with Crippen molar-refractivity contribution in [2.24, 2.45) is 17.2 Å². The van der Waals surface area contributed by atoms with Crippen molar-refractivity contribution in [3.63, 3.8) is 0 Å². The number of halogens is 6. The highest BCUT2D eigenvalue weighted by Gasteiger charge is 2.56. The van der Waals surface area contributed by atoms with Gasteiger partial charge in [-0.1, -0.05) is 34.1 Å². The van der Waals surface area contributed by atoms with E-state index in [-0.39, 0.29) is 11.1 Å². The Hall–Kier alpha value is -4.68. The molecule has 0 aliphatic heterocycles. The average Bonchev–Trinajstić information content (AvgIpc) is 2.96. The second-order valence-corrected chi connectivity index (χ2v) is 8.80. The molecule has 0 aromatic heterocycles. The standard InChI is InChI=1S/C18H16F4N6O6.C3H7F2N.C3H8.C2H6/c19-17(20,7-25-11-3-1-9(15(23)29)5-13(11)27(31)32)18(21,22)8-26-12-4-2-10(16(24)30)6-14(12)28(33)34;1-3(4,5)2-6;1-3-2;1-2/h1-6,25-26H,7-8H2,(H2,23,29)(H2,24,30);2,6H2,1H3;3H2,1-2H3;1-2H3. The van der Waals surface area contributed by atoms with Gasteiger partial charge in [0, 0.05) is 30.2 Å². The number of alkyl halides is 6. The lowest BCUT2D eigenvalue weighted by Crippen LogP contribution is -2.50. The minimum Gasteiger partial charge on any atom is -0.373 e. The number of carbonyl (C=O) groups excluding carboxylic acids is 2. The summed E-state index contributed by atoms with van der Waals surface area (Å²) in [6.45, 7) is 4.95. The van der Waals surface area contributed by atoms with Crippen LogP contribution < -0.4 is 27.8 Å². The maximum Gasteiger partial charge on any atom is 0.328 e. The molecule has 0 bridgehead atoms. The first kappa shape index (κ1) is 42.5. The maximum atomic E-state index is 14.3. The lowest BCUT2D eigenvalue weighted by molar-refractivity contribution is -0.384. The summed E-state index contributed by atoms with van der Waals surface area (Å²) in [6, 6.07) is 5.05. The highest BCUT2D eigenvalue weighted by molar-refractivity contribution is 5.95. The van der Waals surface area contributed by atoms with E-state index < -0.39 is 81.8 Å². The van der Waals surface area contributed by atoms with Crippen molar-refractivity contribution in [3.05, 3.63) is 67.8 Å². The Labute approximate surface area is 254 Å². The molecular formula is C26H37F6N7O6. The maximum absolute atomic E-state index is 14.3. The van der Waals surface area contributed by atoms with Gasteiger partial charge in [-0.05, 0) is 24.3 Å². The fourth-order valence-electron chi connectivity index (χ4n) is 2.64. The minimum atomic E-state index is -4.79. The number of nitrogens with two attached hydrogens (primary N) is 3. The first-order chi connectivity index (χ1) is 20.6. The number of hydrogen-bond donors (Lipinski definition) is 5. The van der Waals surface area contributed by atoms with Crippen molar-refractivity contribution >= 4 is 34.6 Å². The van der Waals surface area contributed by atoms with Crippen molar-refractivity contribution in [1.82, 2.24) is 0 Å². The Bertz CT molecular complexity index is 1200. The van der Waals surface area contributed by atoms with Crippen LogP contribution in [-0.2, 0) is 0 Å². The van der Waals surface area contributed by atoms with Crippen molar-refractivity contribution in [3.8, 4) is 0 Å². The molecule has 0 spiro atoms. The molecule has 0 unspecified atom stereocenters. The second-order valence-electron chi connectivity index (χ2n) is 8.80. The molecule has 0 heterocycles. The van der Waals surface area contributed by atoms with E-state index in [1.54, 1.807) is 0 Å². The lowest BCUT2D eigenvalue weighted by Gasteiger charge is -2.27. The Balaban J connectivity index is 0. The molecule has 0 saturated carbocycles. The quantitative estimate of drug-likeness (QED) is 0.110. The molecule has 0 atom stereocenters. The zero-order valence-electron chi connectivity index (χ0n) is 25.1. The van der Waals surface area contributed by atoms with Gasteiger partial charge in [0.1, 0.15) is 11.4 Å². The smallest absolute Gasteiger partial charge is 0.328 e. The minimum absolute atomic E-state index is 0.303. The van der Waals surface area contributed by atoms with Crippen molar-refractivity contribution in [1.29, 1.82) is 0 Å². The van der Waals surface area contributed by atoms with Gasteiger partial charge in [-0.2, -0.15) is 17.6 Å². The zero-order valence-corrected chi connectivity index (χ0v) is 25.1. The normalized spacial score (nSPS) is 10.8. The van der Waals surface area contributed by atoms with Crippen LogP contribution in [0.3, 0.4) is 0 Å². The molecule has 2 aromatic rings. The average molecular weight is 658 g/mol. The molecule has 2 aromatic carbocycles. The molecule has 0 saturated heterocycles. The zero-order chi connectivity index (χ0) is 35.8. The van der Waals surface area contributed by atoms with Crippen LogP contribution in [0, 0.1) is 20.2 Å². The van der Waals surface area contributed by atoms with Gasteiger partial charge in [-0.3, -0.25) is 29.8 Å². The van der Waals surface area contributed by atoms with Gasteiger partial charge in [-0.15, -0.1) is 0 Å². The van der Waals surface area contributed by atoms with Crippen LogP contribution >= 0.6 is 0 Å². The SMILES string of the molecule is CC.CC(F)(F)CN.CCC.NC(=O)c1ccc(NCC(F)(F)C(F)(F)CNc2ccc(C(N)=O)cc2[N+](=O)[O-])c([N+](=O)[O-])c1. The van der Waals surface area contributed by atoms with Gasteiger partial charge >= 0.3 is 11.8 Å². The summed E-state index contributed by atoms with van der Waals surface area (Å²) in [5.74, 6) is -14.3. The Morgan fingerprint density at radius 1 is 0.756 bits per heavy atom. The van der Waals surface area contributed by atoms with Gasteiger partial charge in [0.15, 0.2) is 0 Å². The number of hydrogen-bond acceptors (Lipinski definition) is 9. The molecule has 254 valence electrons. The topological polar surface area (TPSA) is 223 Å². The number of nitro groups is 2. The predicted molar refractivity (Wildman–Crippen MR) is 157 cm³/mol. The number of nitro benzene ring substituents is 2. The molecule has 0 fully saturated rings. The van der Waals surface area contributed by atoms with Crippen molar-refractivity contribution in [2.45, 2.75) is 58.8 Å². The summed E-state index contributed by atoms with van der Waals surface area (Å²) in [5.41, 5.74) is 11.1. The van der Waals surface area contributed by atoms with Gasteiger partial charge in [0.25, 0.3) is 17.3 Å². The summed E-state index contributed by atoms with van der Waals surface area (Å²) in [4.78, 5) is 42.4. The Morgan fingerprint density at radius 2 is 1.02 bits per heavy atom. The van der Waals surface area contributed by atoms with Crippen molar-refractivity contribution in [2.75, 3.05) is 30.3 Å². The van der Waals surface area contributed by atoms with E-state index in [2.05, 4.69) is 19.6 Å². The molecule has 0 aliphatic rings. The van der Waals surface area contributed by atoms with E-state index in [1.165, 1.54) is 6.42 Å².